The molecule has 0 aromatic heterocycles. The average Bonchev–Trinajstić information content (AvgIpc) is 3.22. The van der Waals surface area contributed by atoms with Gasteiger partial charge in [-0.15, -0.1) is 0 Å². The number of fused-ring (bicyclic) bond motifs is 1. The Morgan fingerprint density at radius 1 is 1.35 bits per heavy atom. The number of carbonyl (C=O) groups is 1. The van der Waals surface area contributed by atoms with Crippen LogP contribution in [-0.4, -0.2) is 55.2 Å². The molecule has 2 aliphatic rings. The highest BCUT2D eigenvalue weighted by molar-refractivity contribution is 5.75. The third kappa shape index (κ3) is 3.96. The van der Waals surface area contributed by atoms with E-state index in [2.05, 4.69) is 10.2 Å². The van der Waals surface area contributed by atoms with Crippen LogP contribution in [-0.2, 0) is 0 Å². The Bertz CT molecular complexity index is 529. The minimum absolute atomic E-state index is 0.0132. The minimum atomic E-state index is -0.0358. The van der Waals surface area contributed by atoms with Crippen LogP contribution in [0.5, 0.6) is 5.75 Å². The molecule has 0 aliphatic carbocycles. The normalized spacial score (nSPS) is 20.1. The van der Waals surface area contributed by atoms with Crippen LogP contribution in [0.3, 0.4) is 0 Å². The molecule has 1 saturated heterocycles. The molecule has 0 spiro atoms. The maximum Gasteiger partial charge on any atom is 0.317 e. The molecule has 23 heavy (non-hydrogen) atoms. The Hall–Kier alpha value is -1.75. The van der Waals surface area contributed by atoms with Gasteiger partial charge in [-0.1, -0.05) is 18.2 Å². The third-order valence-corrected chi connectivity index (χ3v) is 4.77. The molecule has 126 valence electrons. The molecule has 2 amide bonds. The quantitative estimate of drug-likeness (QED) is 0.877. The summed E-state index contributed by atoms with van der Waals surface area (Å²) in [6, 6.07) is 7.90. The number of rotatable bonds is 6. The van der Waals surface area contributed by atoms with E-state index >= 15 is 0 Å². The molecule has 3 rings (SSSR count). The van der Waals surface area contributed by atoms with E-state index in [4.69, 9.17) is 4.74 Å². The largest absolute Gasteiger partial charge is 0.491 e. The summed E-state index contributed by atoms with van der Waals surface area (Å²) >= 11 is 0. The van der Waals surface area contributed by atoms with Gasteiger partial charge in [0.1, 0.15) is 12.4 Å². The van der Waals surface area contributed by atoms with Crippen LogP contribution >= 0.6 is 0 Å². The molecule has 2 aliphatic heterocycles. The predicted octanol–water partition coefficient (Wildman–Crippen LogP) is 2.64. The molecular formula is C18H27N3O2. The molecular weight excluding hydrogens is 290 g/mol. The lowest BCUT2D eigenvalue weighted by Crippen LogP contribution is -2.43. The number of para-hydroxylation sites is 1. The molecule has 0 saturated carbocycles. The summed E-state index contributed by atoms with van der Waals surface area (Å²) in [4.78, 5) is 16.9. The standard InChI is InChI=1S/C18H27N3O2/c1-2-21(13-7-12-20-10-5-6-11-20)18(22)19-16-14-23-17-9-4-3-8-15(16)17/h3-4,8-9,16H,2,5-7,10-14H2,1H3,(H,19,22)/t16-/m0/s1. The van der Waals surface area contributed by atoms with Crippen LogP contribution in [0.25, 0.3) is 0 Å². The second-order valence-electron chi connectivity index (χ2n) is 6.33. The van der Waals surface area contributed by atoms with Crippen molar-refractivity contribution in [2.24, 2.45) is 0 Å². The summed E-state index contributed by atoms with van der Waals surface area (Å²) in [5, 5.41) is 3.11. The van der Waals surface area contributed by atoms with E-state index in [1.54, 1.807) is 0 Å². The number of ether oxygens (including phenoxy) is 1. The van der Waals surface area contributed by atoms with Gasteiger partial charge in [0.2, 0.25) is 0 Å². The molecule has 0 radical (unpaired) electrons. The van der Waals surface area contributed by atoms with Gasteiger partial charge in [0.05, 0.1) is 6.04 Å². The first-order valence-electron chi connectivity index (χ1n) is 8.77. The Morgan fingerprint density at radius 3 is 2.91 bits per heavy atom. The summed E-state index contributed by atoms with van der Waals surface area (Å²) in [6.07, 6.45) is 3.68. The predicted molar refractivity (Wildman–Crippen MR) is 90.7 cm³/mol. The summed E-state index contributed by atoms with van der Waals surface area (Å²) in [7, 11) is 0. The number of hydrogen-bond donors (Lipinski definition) is 1. The summed E-state index contributed by atoms with van der Waals surface area (Å²) in [5.41, 5.74) is 1.08. The molecule has 0 unspecified atom stereocenters. The zero-order valence-corrected chi connectivity index (χ0v) is 14.0. The highest BCUT2D eigenvalue weighted by Gasteiger charge is 2.26. The summed E-state index contributed by atoms with van der Waals surface area (Å²) in [5.74, 6) is 0.884. The van der Waals surface area contributed by atoms with E-state index < -0.39 is 0 Å². The van der Waals surface area contributed by atoms with E-state index in [-0.39, 0.29) is 12.1 Å². The van der Waals surface area contributed by atoms with Crippen molar-refractivity contribution < 1.29 is 9.53 Å². The van der Waals surface area contributed by atoms with E-state index in [1.165, 1.54) is 25.9 Å². The second-order valence-corrected chi connectivity index (χ2v) is 6.33. The van der Waals surface area contributed by atoms with Crippen molar-refractivity contribution >= 4 is 6.03 Å². The molecule has 1 N–H and O–H groups in total. The van der Waals surface area contributed by atoms with E-state index in [9.17, 15) is 4.79 Å². The first-order chi connectivity index (χ1) is 11.3. The Kier molecular flexibility index (Phi) is 5.39. The molecule has 1 fully saturated rings. The number of urea groups is 1. The molecule has 5 nitrogen and oxygen atoms in total. The lowest BCUT2D eigenvalue weighted by Gasteiger charge is -2.24. The van der Waals surface area contributed by atoms with Crippen LogP contribution in [0, 0.1) is 0 Å². The fourth-order valence-corrected chi connectivity index (χ4v) is 3.42. The number of carbonyl (C=O) groups excluding carboxylic acids is 1. The SMILES string of the molecule is CCN(CCCN1CCCC1)C(=O)N[C@H]1COc2ccccc21. The first kappa shape index (κ1) is 16.1. The average molecular weight is 317 g/mol. The number of nitrogens with one attached hydrogen (secondary N) is 1. The second kappa shape index (κ2) is 7.68. The van der Waals surface area contributed by atoms with Crippen molar-refractivity contribution in [2.45, 2.75) is 32.2 Å². The van der Waals surface area contributed by atoms with Crippen molar-refractivity contribution in [1.29, 1.82) is 0 Å². The zero-order valence-electron chi connectivity index (χ0n) is 14.0. The fourth-order valence-electron chi connectivity index (χ4n) is 3.42. The summed E-state index contributed by atoms with van der Waals surface area (Å²) < 4.78 is 5.63. The molecule has 1 aromatic rings. The van der Waals surface area contributed by atoms with Gasteiger partial charge >= 0.3 is 6.03 Å². The van der Waals surface area contributed by atoms with Gasteiger partial charge in [0.25, 0.3) is 0 Å². The number of amides is 2. The van der Waals surface area contributed by atoms with Crippen LogP contribution in [0.1, 0.15) is 37.8 Å². The molecule has 1 aromatic carbocycles. The Morgan fingerprint density at radius 2 is 2.13 bits per heavy atom. The fraction of sp³-hybridized carbons (Fsp3) is 0.611. The van der Waals surface area contributed by atoms with E-state index in [1.807, 2.05) is 36.1 Å². The Labute approximate surface area is 138 Å². The van der Waals surface area contributed by atoms with Gasteiger partial charge < -0.3 is 19.9 Å². The zero-order chi connectivity index (χ0) is 16.1. The van der Waals surface area contributed by atoms with E-state index in [0.717, 1.165) is 37.4 Å². The summed E-state index contributed by atoms with van der Waals surface area (Å²) in [6.45, 7) is 7.64. The van der Waals surface area contributed by atoms with Crippen molar-refractivity contribution in [3.05, 3.63) is 29.8 Å². The van der Waals surface area contributed by atoms with Gasteiger partial charge in [0, 0.05) is 18.7 Å². The number of likely N-dealkylation sites (tertiary alicyclic amines) is 1. The van der Waals surface area contributed by atoms with Crippen LogP contribution in [0.15, 0.2) is 24.3 Å². The first-order valence-corrected chi connectivity index (χ1v) is 8.77. The molecule has 2 heterocycles. The monoisotopic (exact) mass is 317 g/mol. The number of nitrogens with zero attached hydrogens (tertiary/aromatic N) is 2. The lowest BCUT2D eigenvalue weighted by atomic mass is 10.1. The molecule has 0 bridgehead atoms. The van der Waals surface area contributed by atoms with Gasteiger partial charge in [-0.25, -0.2) is 4.79 Å². The van der Waals surface area contributed by atoms with Crippen molar-refractivity contribution in [1.82, 2.24) is 15.1 Å². The van der Waals surface area contributed by atoms with Crippen molar-refractivity contribution in [3.8, 4) is 5.75 Å². The van der Waals surface area contributed by atoms with E-state index in [0.29, 0.717) is 6.61 Å². The van der Waals surface area contributed by atoms with Crippen LogP contribution < -0.4 is 10.1 Å². The Balaban J connectivity index is 1.48. The third-order valence-electron chi connectivity index (χ3n) is 4.77. The van der Waals surface area contributed by atoms with Gasteiger partial charge in [-0.05, 0) is 51.9 Å². The highest BCUT2D eigenvalue weighted by Crippen LogP contribution is 2.31. The van der Waals surface area contributed by atoms with Crippen LogP contribution in [0.2, 0.25) is 0 Å². The molecule has 1 atom stereocenters. The maximum absolute atomic E-state index is 12.5. The smallest absolute Gasteiger partial charge is 0.317 e. The number of hydrogen-bond acceptors (Lipinski definition) is 3. The minimum Gasteiger partial charge on any atom is -0.491 e. The van der Waals surface area contributed by atoms with Gasteiger partial charge in [0.15, 0.2) is 0 Å². The van der Waals surface area contributed by atoms with Gasteiger partial charge in [-0.2, -0.15) is 0 Å². The number of benzene rings is 1. The topological polar surface area (TPSA) is 44.8 Å². The van der Waals surface area contributed by atoms with Crippen molar-refractivity contribution in [3.63, 3.8) is 0 Å². The molecule has 5 heteroatoms. The highest BCUT2D eigenvalue weighted by atomic mass is 16.5. The van der Waals surface area contributed by atoms with Crippen molar-refractivity contribution in [2.75, 3.05) is 39.3 Å². The van der Waals surface area contributed by atoms with Crippen LogP contribution in [0.4, 0.5) is 4.79 Å². The lowest BCUT2D eigenvalue weighted by molar-refractivity contribution is 0.189. The maximum atomic E-state index is 12.5. The van der Waals surface area contributed by atoms with Gasteiger partial charge in [-0.3, -0.25) is 0 Å².